The highest BCUT2D eigenvalue weighted by Crippen LogP contribution is 2.18. The maximum Gasteiger partial charge on any atom is 0.348 e. The molecule has 1 atom stereocenters. The van der Waals surface area contributed by atoms with Gasteiger partial charge in [0.2, 0.25) is 0 Å². The molecule has 17 heavy (non-hydrogen) atoms. The molecule has 1 aromatic heterocycles. The zero-order chi connectivity index (χ0) is 13.0. The van der Waals surface area contributed by atoms with Crippen LogP contribution < -0.4 is 5.69 Å². The van der Waals surface area contributed by atoms with Crippen molar-refractivity contribution in [2.45, 2.75) is 40.2 Å². The Kier molecular flexibility index (Phi) is 5.67. The lowest BCUT2D eigenvalue weighted by Gasteiger charge is -2.14. The van der Waals surface area contributed by atoms with Gasteiger partial charge in [0.15, 0.2) is 0 Å². The zero-order valence-corrected chi connectivity index (χ0v) is 12.8. The van der Waals surface area contributed by atoms with Crippen LogP contribution in [0.4, 0.5) is 0 Å². The molecule has 0 aliphatic carbocycles. The first kappa shape index (κ1) is 14.7. The van der Waals surface area contributed by atoms with Gasteiger partial charge < -0.3 is 0 Å². The van der Waals surface area contributed by atoms with Crippen molar-refractivity contribution in [2.24, 2.45) is 5.92 Å². The van der Waals surface area contributed by atoms with Crippen molar-refractivity contribution >= 4 is 27.5 Å². The maximum absolute atomic E-state index is 11.8. The van der Waals surface area contributed by atoms with Crippen molar-refractivity contribution in [1.29, 1.82) is 0 Å². The van der Waals surface area contributed by atoms with Gasteiger partial charge in [-0.3, -0.25) is 4.57 Å². The van der Waals surface area contributed by atoms with Crippen molar-refractivity contribution in [3.05, 3.63) is 26.3 Å². The first-order chi connectivity index (χ1) is 7.97. The normalized spacial score (nSPS) is 12.8. The van der Waals surface area contributed by atoms with E-state index in [1.807, 2.05) is 13.8 Å². The number of hydrogen-bond acceptors (Lipinski definition) is 2. The Morgan fingerprint density at radius 1 is 1.41 bits per heavy atom. The van der Waals surface area contributed by atoms with Crippen LogP contribution in [0.3, 0.4) is 0 Å². The fourth-order valence-electron chi connectivity index (χ4n) is 1.72. The number of aryl methyl sites for hydroxylation is 1. The van der Waals surface area contributed by atoms with Crippen LogP contribution in [0.5, 0.6) is 0 Å². The van der Waals surface area contributed by atoms with E-state index in [1.165, 1.54) is 0 Å². The van der Waals surface area contributed by atoms with Gasteiger partial charge in [0, 0.05) is 18.1 Å². The number of hydrogen-bond donors (Lipinski definition) is 0. The van der Waals surface area contributed by atoms with Crippen molar-refractivity contribution in [3.63, 3.8) is 0 Å². The number of rotatable bonds is 5. The molecule has 1 unspecified atom stereocenters. The molecule has 3 nitrogen and oxygen atoms in total. The van der Waals surface area contributed by atoms with Crippen LogP contribution in [0.1, 0.15) is 31.2 Å². The molecule has 0 saturated heterocycles. The molecule has 0 amide bonds. The van der Waals surface area contributed by atoms with E-state index in [-0.39, 0.29) is 5.69 Å². The first-order valence-corrected chi connectivity index (χ1v) is 7.09. The van der Waals surface area contributed by atoms with E-state index in [0.717, 1.165) is 28.7 Å². The van der Waals surface area contributed by atoms with Crippen LogP contribution in [-0.4, -0.2) is 15.4 Å². The van der Waals surface area contributed by atoms with Crippen molar-refractivity contribution in [3.8, 4) is 0 Å². The molecule has 0 aliphatic rings. The molecule has 0 bridgehead atoms. The van der Waals surface area contributed by atoms with Crippen molar-refractivity contribution < 1.29 is 0 Å². The Morgan fingerprint density at radius 3 is 2.65 bits per heavy atom. The second-order valence-corrected chi connectivity index (χ2v) is 5.57. The van der Waals surface area contributed by atoms with Gasteiger partial charge in [0.05, 0.1) is 10.2 Å². The van der Waals surface area contributed by atoms with Crippen LogP contribution in [0.25, 0.3) is 0 Å². The highest BCUT2D eigenvalue weighted by molar-refractivity contribution is 9.10. The topological polar surface area (TPSA) is 34.9 Å². The molecular formula is C12H18BrClN2O. The molecule has 0 spiro atoms. The Balaban J connectivity index is 2.85. The van der Waals surface area contributed by atoms with Gasteiger partial charge in [0.1, 0.15) is 0 Å². The van der Waals surface area contributed by atoms with Crippen LogP contribution in [-0.2, 0) is 6.54 Å². The summed E-state index contributed by atoms with van der Waals surface area (Å²) in [6, 6.07) is 0. The summed E-state index contributed by atoms with van der Waals surface area (Å²) in [5, 5.41) is 0. The second-order valence-electron chi connectivity index (χ2n) is 4.40. The average molecular weight is 322 g/mol. The average Bonchev–Trinajstić information content (AvgIpc) is 2.26. The fraction of sp³-hybridized carbons (Fsp3) is 0.667. The largest absolute Gasteiger partial charge is 0.348 e. The van der Waals surface area contributed by atoms with E-state index in [1.54, 1.807) is 4.57 Å². The predicted molar refractivity (Wildman–Crippen MR) is 74.8 cm³/mol. The molecule has 0 aliphatic heterocycles. The molecule has 5 heteroatoms. The smallest absolute Gasteiger partial charge is 0.295 e. The van der Waals surface area contributed by atoms with Crippen molar-refractivity contribution in [2.75, 3.05) is 5.88 Å². The Hall–Kier alpha value is -0.350. The van der Waals surface area contributed by atoms with E-state index in [9.17, 15) is 4.79 Å². The van der Waals surface area contributed by atoms with E-state index < -0.39 is 0 Å². The number of nitrogens with zero attached hydrogens (tertiary/aromatic N) is 2. The highest BCUT2D eigenvalue weighted by atomic mass is 79.9. The monoisotopic (exact) mass is 320 g/mol. The van der Waals surface area contributed by atoms with E-state index in [2.05, 4.69) is 27.8 Å². The minimum absolute atomic E-state index is 0.165. The summed E-state index contributed by atoms with van der Waals surface area (Å²) < 4.78 is 2.64. The molecule has 1 rings (SSSR count). The summed E-state index contributed by atoms with van der Waals surface area (Å²) in [6.07, 6.45) is 1.93. The van der Waals surface area contributed by atoms with Gasteiger partial charge in [0.25, 0.3) is 0 Å². The fourth-order valence-corrected chi connectivity index (χ4v) is 2.40. The van der Waals surface area contributed by atoms with Gasteiger partial charge in [-0.1, -0.05) is 6.92 Å². The van der Waals surface area contributed by atoms with Gasteiger partial charge >= 0.3 is 5.69 Å². The lowest BCUT2D eigenvalue weighted by Crippen LogP contribution is -2.27. The molecule has 1 heterocycles. The highest BCUT2D eigenvalue weighted by Gasteiger charge is 2.10. The molecule has 0 fully saturated rings. The summed E-state index contributed by atoms with van der Waals surface area (Å²) in [5.41, 5.74) is 1.53. The van der Waals surface area contributed by atoms with Crippen LogP contribution in [0, 0.1) is 19.8 Å². The molecule has 96 valence electrons. The lowest BCUT2D eigenvalue weighted by molar-refractivity contribution is 0.455. The Labute approximate surface area is 115 Å². The molecule has 0 saturated carbocycles. The molecule has 1 aromatic rings. The molecule has 0 aromatic carbocycles. The molecular weight excluding hydrogens is 304 g/mol. The lowest BCUT2D eigenvalue weighted by atomic mass is 10.1. The van der Waals surface area contributed by atoms with E-state index in [0.29, 0.717) is 18.3 Å². The third-order valence-electron chi connectivity index (χ3n) is 2.98. The van der Waals surface area contributed by atoms with Crippen LogP contribution >= 0.6 is 27.5 Å². The standard InChI is InChI=1S/C12H18BrClN2O/c1-8(4-6-14)5-7-16-10(3)11(13)9(2)15-12(16)17/h8H,4-7H2,1-3H3. The summed E-state index contributed by atoms with van der Waals surface area (Å²) in [6.45, 7) is 6.62. The molecule has 0 radical (unpaired) electrons. The van der Waals surface area contributed by atoms with Gasteiger partial charge in [-0.2, -0.15) is 4.98 Å². The number of halogens is 2. The van der Waals surface area contributed by atoms with E-state index in [4.69, 9.17) is 11.6 Å². The number of aromatic nitrogens is 2. The minimum atomic E-state index is -0.165. The second kappa shape index (κ2) is 6.55. The van der Waals surface area contributed by atoms with E-state index >= 15 is 0 Å². The maximum atomic E-state index is 11.8. The molecule has 0 N–H and O–H groups in total. The van der Waals surface area contributed by atoms with Gasteiger partial charge in [-0.15, -0.1) is 11.6 Å². The number of alkyl halides is 1. The predicted octanol–water partition coefficient (Wildman–Crippen LogP) is 3.28. The quantitative estimate of drug-likeness (QED) is 0.780. The van der Waals surface area contributed by atoms with Crippen molar-refractivity contribution in [1.82, 2.24) is 9.55 Å². The Bertz CT molecular complexity index is 445. The zero-order valence-electron chi connectivity index (χ0n) is 10.5. The van der Waals surface area contributed by atoms with Crippen LogP contribution in [0.15, 0.2) is 9.27 Å². The SMILES string of the molecule is Cc1nc(=O)n(CCC(C)CCCl)c(C)c1Br. The summed E-state index contributed by atoms with van der Waals surface area (Å²) in [5.74, 6) is 1.20. The summed E-state index contributed by atoms with van der Waals surface area (Å²) in [4.78, 5) is 15.8. The summed E-state index contributed by atoms with van der Waals surface area (Å²) in [7, 11) is 0. The third kappa shape index (κ3) is 3.81. The van der Waals surface area contributed by atoms with Gasteiger partial charge in [-0.05, 0) is 48.5 Å². The van der Waals surface area contributed by atoms with Gasteiger partial charge in [-0.25, -0.2) is 4.79 Å². The minimum Gasteiger partial charge on any atom is -0.295 e. The Morgan fingerprint density at radius 2 is 2.06 bits per heavy atom. The van der Waals surface area contributed by atoms with Crippen LogP contribution in [0.2, 0.25) is 0 Å². The summed E-state index contributed by atoms with van der Waals surface area (Å²) >= 11 is 9.16. The third-order valence-corrected chi connectivity index (χ3v) is 4.35. The first-order valence-electron chi connectivity index (χ1n) is 5.76.